The van der Waals surface area contributed by atoms with Crippen LogP contribution >= 0.6 is 46.2 Å². The molecule has 2 atom stereocenters. The van der Waals surface area contributed by atoms with E-state index in [1.165, 1.54) is 51.1 Å². The van der Waals surface area contributed by atoms with Gasteiger partial charge in [-0.05, 0) is 60.4 Å². The number of nitrogens with zero attached hydrogens (tertiary/aromatic N) is 1. The molecule has 0 bridgehead atoms. The highest BCUT2D eigenvalue weighted by Gasteiger charge is 2.54. The molecule has 2 aromatic carbocycles. The molecule has 6 rings (SSSR count). The number of aliphatic hydroxyl groups excluding tert-OH is 1. The van der Waals surface area contributed by atoms with Gasteiger partial charge >= 0.3 is 12.1 Å². The van der Waals surface area contributed by atoms with E-state index in [9.17, 15) is 24.3 Å². The molecule has 4 aromatic rings. The van der Waals surface area contributed by atoms with Crippen LogP contribution in [-0.2, 0) is 25.7 Å². The summed E-state index contributed by atoms with van der Waals surface area (Å²) in [5.41, 5.74) is 1.54. The number of esters is 1. The molecule has 13 heteroatoms. The van der Waals surface area contributed by atoms with Crippen molar-refractivity contribution < 1.29 is 29.0 Å². The third-order valence-electron chi connectivity index (χ3n) is 7.45. The van der Waals surface area contributed by atoms with Crippen molar-refractivity contribution in [3.63, 3.8) is 0 Å². The van der Waals surface area contributed by atoms with Crippen LogP contribution in [-0.4, -0.2) is 50.7 Å². The molecule has 4 heterocycles. The molecular formula is C35H32N2O7S4. The predicted molar refractivity (Wildman–Crippen MR) is 191 cm³/mol. The topological polar surface area (TPSA) is 122 Å². The van der Waals surface area contributed by atoms with E-state index >= 15 is 0 Å². The van der Waals surface area contributed by atoms with Gasteiger partial charge in [-0.25, -0.2) is 9.59 Å². The van der Waals surface area contributed by atoms with Gasteiger partial charge in [0, 0.05) is 5.75 Å². The third-order valence-corrected chi connectivity index (χ3v) is 12.1. The fraction of sp³-hybridized carbons (Fsp3) is 0.257. The molecular weight excluding hydrogens is 689 g/mol. The van der Waals surface area contributed by atoms with Crippen molar-refractivity contribution in [3.05, 3.63) is 122 Å². The van der Waals surface area contributed by atoms with Crippen molar-refractivity contribution in [1.29, 1.82) is 0 Å². The Bertz CT molecular complexity index is 1930. The second-order valence-corrected chi connectivity index (χ2v) is 16.2. The van der Waals surface area contributed by atoms with Crippen LogP contribution in [0.5, 0.6) is 0 Å². The van der Waals surface area contributed by atoms with Crippen molar-refractivity contribution in [2.45, 2.75) is 54.7 Å². The Morgan fingerprint density at radius 3 is 2.35 bits per heavy atom. The maximum atomic E-state index is 14.2. The summed E-state index contributed by atoms with van der Waals surface area (Å²) in [7, 11) is 0. The number of hydrogen-bond donors (Lipinski definition) is 2. The van der Waals surface area contributed by atoms with Crippen LogP contribution in [0.2, 0.25) is 0 Å². The molecule has 48 heavy (non-hydrogen) atoms. The molecule has 2 N–H and O–H groups in total. The monoisotopic (exact) mass is 720 g/mol. The highest BCUT2D eigenvalue weighted by atomic mass is 32.2. The number of rotatable bonds is 9. The summed E-state index contributed by atoms with van der Waals surface area (Å²) in [5.74, 6) is -0.800. The zero-order valence-corrected chi connectivity index (χ0v) is 29.5. The maximum Gasteiger partial charge on any atom is 0.408 e. The van der Waals surface area contributed by atoms with Crippen LogP contribution in [0.15, 0.2) is 104 Å². The minimum absolute atomic E-state index is 0.0866. The van der Waals surface area contributed by atoms with E-state index in [0.717, 1.165) is 15.8 Å². The van der Waals surface area contributed by atoms with E-state index < -0.39 is 47.7 Å². The molecule has 1 saturated heterocycles. The molecule has 2 aliphatic heterocycles. The Labute approximate surface area is 293 Å². The van der Waals surface area contributed by atoms with Gasteiger partial charge in [0.1, 0.15) is 22.7 Å². The van der Waals surface area contributed by atoms with Crippen molar-refractivity contribution >= 4 is 73.6 Å². The number of carbonyl (C=O) groups excluding carboxylic acids is 3. The van der Waals surface area contributed by atoms with E-state index in [2.05, 4.69) is 5.32 Å². The van der Waals surface area contributed by atoms with Crippen molar-refractivity contribution in [2.24, 2.45) is 0 Å². The number of ether oxygens (including phenoxy) is 2. The number of carbonyl (C=O) groups is 3. The fourth-order valence-corrected chi connectivity index (χ4v) is 9.80. The van der Waals surface area contributed by atoms with Crippen LogP contribution in [0.1, 0.15) is 43.6 Å². The van der Waals surface area contributed by atoms with Gasteiger partial charge in [-0.1, -0.05) is 72.4 Å². The van der Waals surface area contributed by atoms with Crippen LogP contribution in [0.3, 0.4) is 0 Å². The number of alkyl carbamates (subject to hydrolysis) is 1. The molecule has 1 fully saturated rings. The van der Waals surface area contributed by atoms with Crippen LogP contribution in [0.25, 0.3) is 9.40 Å². The minimum Gasteiger partial charge on any atom is -0.448 e. The molecule has 9 nitrogen and oxygen atoms in total. The van der Waals surface area contributed by atoms with Gasteiger partial charge < -0.3 is 19.9 Å². The van der Waals surface area contributed by atoms with Gasteiger partial charge in [0.2, 0.25) is 5.43 Å². The summed E-state index contributed by atoms with van der Waals surface area (Å²) in [6, 6.07) is 19.7. The Morgan fingerprint density at radius 1 is 1.06 bits per heavy atom. The summed E-state index contributed by atoms with van der Waals surface area (Å²) < 4.78 is 13.7. The lowest BCUT2D eigenvalue weighted by atomic mass is 10.0. The second-order valence-electron chi connectivity index (χ2n) is 11.9. The van der Waals surface area contributed by atoms with Gasteiger partial charge in [0.15, 0.2) is 6.10 Å². The molecule has 2 aliphatic rings. The summed E-state index contributed by atoms with van der Waals surface area (Å²) in [4.78, 5) is 54.7. The lowest BCUT2D eigenvalue weighted by molar-refractivity contribution is -0.153. The van der Waals surface area contributed by atoms with E-state index in [1.54, 1.807) is 32.3 Å². The number of amides is 2. The Balaban J connectivity index is 1.33. The molecule has 248 valence electrons. The molecule has 0 radical (unpaired) electrons. The summed E-state index contributed by atoms with van der Waals surface area (Å²) in [5, 5.41) is 15.7. The normalized spacial score (nSPS) is 17.9. The fourth-order valence-electron chi connectivity index (χ4n) is 5.29. The number of thiophene rings is 1. The van der Waals surface area contributed by atoms with E-state index in [4.69, 9.17) is 9.47 Å². The summed E-state index contributed by atoms with van der Waals surface area (Å²) in [6.45, 7) is 4.81. The van der Waals surface area contributed by atoms with Crippen LogP contribution in [0.4, 0.5) is 4.79 Å². The minimum atomic E-state index is -0.881. The Kier molecular flexibility index (Phi) is 10.1. The lowest BCUT2D eigenvalue weighted by Crippen LogP contribution is -2.70. The standard InChI is InChI=1S/C35H32N2O7S4/c1-35(2,3)44-34(42)36-25-30(40)37-26(32(41)43-28(20-10-6-4-7-11-20)21-12-8-5-9-13-21)22(19-47-31(25)37)14-16-46-33-23(18-38)27(39)29-24(48-33)15-17-45-29/h4-17,25,28,31,38H,18-19H2,1-3H3,(H,36,42)/t25-,31+/m1/s1. The first-order chi connectivity index (χ1) is 23.1. The number of nitrogens with one attached hydrogen (secondary N) is 1. The molecule has 0 unspecified atom stereocenters. The van der Waals surface area contributed by atoms with E-state index in [0.29, 0.717) is 25.8 Å². The number of thioether (sulfide) groups is 2. The van der Waals surface area contributed by atoms with Crippen LogP contribution in [0, 0.1) is 0 Å². The number of β-lactam (4-membered cyclic amide) rings is 1. The zero-order valence-electron chi connectivity index (χ0n) is 26.2. The lowest BCUT2D eigenvalue weighted by Gasteiger charge is -2.49. The Hall–Kier alpha value is -3.88. The average molecular weight is 721 g/mol. The van der Waals surface area contributed by atoms with Crippen molar-refractivity contribution in [3.8, 4) is 0 Å². The first-order valence-electron chi connectivity index (χ1n) is 15.0. The average Bonchev–Trinajstić information content (AvgIpc) is 3.55. The SMILES string of the molecule is CC(C)(C)OC(=O)N[C@@H]1C(=O)N2C(C(=O)OC(c3ccccc3)c3ccccc3)=C(C=CSc3sc4ccsc4c(=O)c3CO)CS[C@@H]12. The zero-order chi connectivity index (χ0) is 34.0. The van der Waals surface area contributed by atoms with Gasteiger partial charge in [-0.2, -0.15) is 0 Å². The molecule has 0 spiro atoms. The van der Waals surface area contributed by atoms with Crippen molar-refractivity contribution in [2.75, 3.05) is 5.75 Å². The quantitative estimate of drug-likeness (QED) is 0.109. The highest BCUT2D eigenvalue weighted by molar-refractivity contribution is 8.04. The molecule has 0 saturated carbocycles. The predicted octanol–water partition coefficient (Wildman–Crippen LogP) is 6.82. The first kappa shape index (κ1) is 34.0. The summed E-state index contributed by atoms with van der Waals surface area (Å²) in [6.07, 6.45) is 0.280. The molecule has 2 amide bonds. The second kappa shape index (κ2) is 14.3. The van der Waals surface area contributed by atoms with Gasteiger partial charge in [-0.3, -0.25) is 14.5 Å². The smallest absolute Gasteiger partial charge is 0.408 e. The Morgan fingerprint density at radius 2 is 1.73 bits per heavy atom. The number of hydrogen-bond acceptors (Lipinski definition) is 11. The number of benzene rings is 2. The molecule has 0 aliphatic carbocycles. The van der Waals surface area contributed by atoms with Crippen LogP contribution < -0.4 is 10.7 Å². The highest BCUT2D eigenvalue weighted by Crippen LogP contribution is 2.43. The number of allylic oxidation sites excluding steroid dienone is 1. The van der Waals surface area contributed by atoms with E-state index in [-0.39, 0.29) is 11.1 Å². The maximum absolute atomic E-state index is 14.2. The van der Waals surface area contributed by atoms with Gasteiger partial charge in [0.25, 0.3) is 5.91 Å². The van der Waals surface area contributed by atoms with Gasteiger partial charge in [-0.15, -0.1) is 34.4 Å². The first-order valence-corrected chi connectivity index (χ1v) is 18.6. The van der Waals surface area contributed by atoms with Crippen molar-refractivity contribution in [1.82, 2.24) is 10.2 Å². The number of fused-ring (bicyclic) bond motifs is 2. The van der Waals surface area contributed by atoms with E-state index in [1.807, 2.05) is 72.1 Å². The molecule has 2 aromatic heterocycles. The third kappa shape index (κ3) is 7.10. The summed E-state index contributed by atoms with van der Waals surface area (Å²) >= 11 is 5.43. The number of aliphatic hydroxyl groups is 1. The van der Waals surface area contributed by atoms with Gasteiger partial charge in [0.05, 0.1) is 25.8 Å². The largest absolute Gasteiger partial charge is 0.448 e.